The molecule has 1 amide bonds. The molecular formula is C14H18ClNO4. The van der Waals surface area contributed by atoms with E-state index in [-0.39, 0.29) is 18.1 Å². The zero-order valence-corrected chi connectivity index (χ0v) is 11.8. The molecule has 0 unspecified atom stereocenters. The lowest BCUT2D eigenvalue weighted by Gasteiger charge is -2.07. The van der Waals surface area contributed by atoms with Crippen molar-refractivity contribution in [3.63, 3.8) is 0 Å². The normalized spacial score (nSPS) is 10.2. The lowest BCUT2D eigenvalue weighted by Crippen LogP contribution is -2.11. The fourth-order valence-electron chi connectivity index (χ4n) is 1.74. The highest BCUT2D eigenvalue weighted by molar-refractivity contribution is 6.30. The maximum Gasteiger partial charge on any atom is 0.303 e. The van der Waals surface area contributed by atoms with E-state index in [1.54, 1.807) is 12.1 Å². The molecule has 6 heteroatoms. The summed E-state index contributed by atoms with van der Waals surface area (Å²) in [5.74, 6) is -1.03. The minimum Gasteiger partial charge on any atom is -0.506 e. The summed E-state index contributed by atoms with van der Waals surface area (Å²) in [6, 6.07) is 4.49. The van der Waals surface area contributed by atoms with Gasteiger partial charge in [0, 0.05) is 23.9 Å². The van der Waals surface area contributed by atoms with Gasteiger partial charge in [-0.05, 0) is 25.0 Å². The number of aromatic hydroxyl groups is 1. The number of carbonyl (C=O) groups excluding carboxylic acids is 1. The Bertz CT molecular complexity index is 476. The van der Waals surface area contributed by atoms with E-state index in [0.717, 1.165) is 12.8 Å². The first-order valence-electron chi connectivity index (χ1n) is 6.49. The number of aliphatic carboxylic acids is 1. The van der Waals surface area contributed by atoms with Crippen molar-refractivity contribution in [1.82, 2.24) is 0 Å². The maximum atomic E-state index is 11.6. The van der Waals surface area contributed by atoms with E-state index >= 15 is 0 Å². The molecule has 1 aromatic carbocycles. The van der Waals surface area contributed by atoms with Gasteiger partial charge < -0.3 is 15.5 Å². The number of rotatable bonds is 8. The van der Waals surface area contributed by atoms with Crippen LogP contribution in [0.15, 0.2) is 18.2 Å². The third-order valence-corrected chi connectivity index (χ3v) is 3.01. The summed E-state index contributed by atoms with van der Waals surface area (Å²) in [6.45, 7) is 0. The number of carbonyl (C=O) groups is 2. The Balaban J connectivity index is 2.22. The van der Waals surface area contributed by atoms with Gasteiger partial charge in [-0.2, -0.15) is 0 Å². The molecule has 0 radical (unpaired) electrons. The first-order valence-corrected chi connectivity index (χ1v) is 6.87. The Morgan fingerprint density at radius 2 is 1.75 bits per heavy atom. The third-order valence-electron chi connectivity index (χ3n) is 2.78. The van der Waals surface area contributed by atoms with Gasteiger partial charge in [-0.15, -0.1) is 0 Å². The number of unbranched alkanes of at least 4 members (excludes halogenated alkanes) is 3. The second-order valence-electron chi connectivity index (χ2n) is 4.52. The molecule has 0 heterocycles. The molecule has 20 heavy (non-hydrogen) atoms. The Morgan fingerprint density at radius 1 is 1.10 bits per heavy atom. The highest BCUT2D eigenvalue weighted by Crippen LogP contribution is 2.26. The van der Waals surface area contributed by atoms with Gasteiger partial charge in [0.2, 0.25) is 5.91 Å². The van der Waals surface area contributed by atoms with Crippen LogP contribution in [0.2, 0.25) is 5.02 Å². The van der Waals surface area contributed by atoms with Gasteiger partial charge in [-0.25, -0.2) is 0 Å². The standard InChI is InChI=1S/C14H18ClNO4/c15-10-7-8-11(12(17)9-10)16-13(18)5-3-1-2-4-6-14(19)20/h7-9,17H,1-6H2,(H,16,18)(H,19,20). The minimum absolute atomic E-state index is 0.0627. The van der Waals surface area contributed by atoms with Crippen LogP contribution in [-0.4, -0.2) is 22.1 Å². The first kappa shape index (κ1) is 16.3. The van der Waals surface area contributed by atoms with Crippen molar-refractivity contribution in [2.45, 2.75) is 38.5 Å². The largest absolute Gasteiger partial charge is 0.506 e. The Morgan fingerprint density at radius 3 is 2.35 bits per heavy atom. The number of halogens is 1. The van der Waals surface area contributed by atoms with Crippen molar-refractivity contribution >= 4 is 29.2 Å². The van der Waals surface area contributed by atoms with E-state index in [1.165, 1.54) is 6.07 Å². The van der Waals surface area contributed by atoms with E-state index in [2.05, 4.69) is 5.32 Å². The van der Waals surface area contributed by atoms with E-state index in [1.807, 2.05) is 0 Å². The summed E-state index contributed by atoms with van der Waals surface area (Å²) in [5, 5.41) is 21.1. The number of phenolic OH excluding ortho intramolecular Hbond substituents is 1. The van der Waals surface area contributed by atoms with Crippen molar-refractivity contribution in [3.8, 4) is 5.75 Å². The van der Waals surface area contributed by atoms with E-state index < -0.39 is 5.97 Å². The molecule has 0 aliphatic heterocycles. The molecule has 0 aliphatic rings. The van der Waals surface area contributed by atoms with Crippen molar-refractivity contribution in [2.24, 2.45) is 0 Å². The molecule has 3 N–H and O–H groups in total. The van der Waals surface area contributed by atoms with Gasteiger partial charge >= 0.3 is 5.97 Å². The fourth-order valence-corrected chi connectivity index (χ4v) is 1.90. The summed E-state index contributed by atoms with van der Waals surface area (Å²) in [6.07, 6.45) is 3.45. The molecule has 0 fully saturated rings. The molecule has 0 saturated carbocycles. The number of carboxylic acids is 1. The number of amides is 1. The molecule has 0 saturated heterocycles. The minimum atomic E-state index is -0.791. The van der Waals surface area contributed by atoms with Crippen LogP contribution in [0.3, 0.4) is 0 Å². The molecule has 0 spiro atoms. The number of benzene rings is 1. The molecule has 0 aromatic heterocycles. The Hall–Kier alpha value is -1.75. The predicted octanol–water partition coefficient (Wildman–Crippen LogP) is 3.41. The highest BCUT2D eigenvalue weighted by atomic mass is 35.5. The number of carboxylic acid groups (broad SMARTS) is 1. The maximum absolute atomic E-state index is 11.6. The lowest BCUT2D eigenvalue weighted by molar-refractivity contribution is -0.137. The number of phenols is 1. The molecule has 0 atom stereocenters. The van der Waals surface area contributed by atoms with Gasteiger partial charge in [0.25, 0.3) is 0 Å². The SMILES string of the molecule is O=C(O)CCCCCCC(=O)Nc1ccc(Cl)cc1O. The monoisotopic (exact) mass is 299 g/mol. The fraction of sp³-hybridized carbons (Fsp3) is 0.429. The van der Waals surface area contributed by atoms with Crippen LogP contribution in [0, 0.1) is 0 Å². The second kappa shape index (κ2) is 8.43. The van der Waals surface area contributed by atoms with E-state index in [0.29, 0.717) is 30.0 Å². The summed E-state index contributed by atoms with van der Waals surface area (Å²) < 4.78 is 0. The molecular weight excluding hydrogens is 282 g/mol. The molecule has 1 aromatic rings. The average Bonchev–Trinajstić information content (AvgIpc) is 2.36. The smallest absolute Gasteiger partial charge is 0.303 e. The highest BCUT2D eigenvalue weighted by Gasteiger charge is 2.06. The third kappa shape index (κ3) is 6.43. The van der Waals surface area contributed by atoms with Crippen molar-refractivity contribution in [1.29, 1.82) is 0 Å². The van der Waals surface area contributed by atoms with Crippen LogP contribution in [0.1, 0.15) is 38.5 Å². The predicted molar refractivity (Wildman–Crippen MR) is 77.1 cm³/mol. The molecule has 110 valence electrons. The number of nitrogens with one attached hydrogen (secondary N) is 1. The van der Waals surface area contributed by atoms with E-state index in [9.17, 15) is 14.7 Å². The van der Waals surface area contributed by atoms with Gasteiger partial charge in [0.15, 0.2) is 0 Å². The average molecular weight is 300 g/mol. The van der Waals surface area contributed by atoms with Crippen LogP contribution in [0.25, 0.3) is 0 Å². The number of anilines is 1. The summed E-state index contributed by atoms with van der Waals surface area (Å²) >= 11 is 5.69. The zero-order valence-electron chi connectivity index (χ0n) is 11.1. The number of hydrogen-bond acceptors (Lipinski definition) is 3. The molecule has 1 rings (SSSR count). The van der Waals surface area contributed by atoms with Crippen LogP contribution >= 0.6 is 11.6 Å². The van der Waals surface area contributed by atoms with Gasteiger partial charge in [-0.3, -0.25) is 9.59 Å². The zero-order chi connectivity index (χ0) is 15.0. The topological polar surface area (TPSA) is 86.6 Å². The molecule has 5 nitrogen and oxygen atoms in total. The van der Waals surface area contributed by atoms with Crippen molar-refractivity contribution in [3.05, 3.63) is 23.2 Å². The Kier molecular flexibility index (Phi) is 6.87. The van der Waals surface area contributed by atoms with Crippen LogP contribution in [0.5, 0.6) is 5.75 Å². The van der Waals surface area contributed by atoms with E-state index in [4.69, 9.17) is 16.7 Å². The van der Waals surface area contributed by atoms with Gasteiger partial charge in [-0.1, -0.05) is 24.4 Å². The lowest BCUT2D eigenvalue weighted by atomic mass is 10.1. The second-order valence-corrected chi connectivity index (χ2v) is 4.95. The molecule has 0 aliphatic carbocycles. The van der Waals surface area contributed by atoms with Gasteiger partial charge in [0.05, 0.1) is 5.69 Å². The summed E-state index contributed by atoms with van der Waals surface area (Å²) in [7, 11) is 0. The summed E-state index contributed by atoms with van der Waals surface area (Å²) in [4.78, 5) is 21.9. The van der Waals surface area contributed by atoms with Crippen molar-refractivity contribution < 1.29 is 19.8 Å². The quantitative estimate of drug-likeness (QED) is 0.507. The number of hydrogen-bond donors (Lipinski definition) is 3. The molecule has 0 bridgehead atoms. The van der Waals surface area contributed by atoms with Gasteiger partial charge in [0.1, 0.15) is 5.75 Å². The van der Waals surface area contributed by atoms with Crippen LogP contribution in [-0.2, 0) is 9.59 Å². The summed E-state index contributed by atoms with van der Waals surface area (Å²) in [5.41, 5.74) is 0.338. The van der Waals surface area contributed by atoms with Crippen LogP contribution < -0.4 is 5.32 Å². The van der Waals surface area contributed by atoms with Crippen molar-refractivity contribution in [2.75, 3.05) is 5.32 Å². The van der Waals surface area contributed by atoms with Crippen LogP contribution in [0.4, 0.5) is 5.69 Å². The Labute approximate surface area is 122 Å². The first-order chi connectivity index (χ1) is 9.49.